The summed E-state index contributed by atoms with van der Waals surface area (Å²) < 4.78 is 8.18. The van der Waals surface area contributed by atoms with Crippen LogP contribution in [0.1, 0.15) is 17.3 Å². The van der Waals surface area contributed by atoms with Crippen LogP contribution in [-0.2, 0) is 13.5 Å². The molecule has 1 aromatic carbocycles. The molecule has 1 unspecified atom stereocenters. The second kappa shape index (κ2) is 6.18. The zero-order valence-electron chi connectivity index (χ0n) is 10.9. The van der Waals surface area contributed by atoms with E-state index >= 15 is 0 Å². The van der Waals surface area contributed by atoms with Gasteiger partial charge in [-0.05, 0) is 30.2 Å². The van der Waals surface area contributed by atoms with Gasteiger partial charge in [0, 0.05) is 17.7 Å². The molecule has 0 aliphatic heterocycles. The molecule has 1 aromatic heterocycles. The van der Waals surface area contributed by atoms with Crippen molar-refractivity contribution in [3.63, 3.8) is 0 Å². The van der Waals surface area contributed by atoms with Crippen LogP contribution in [0, 0.1) is 0 Å². The topological polar surface area (TPSA) is 65.1 Å². The van der Waals surface area contributed by atoms with Crippen molar-refractivity contribution >= 4 is 15.9 Å². The molecule has 0 amide bonds. The number of nitrogens with zero attached hydrogens (tertiary/aromatic N) is 2. The summed E-state index contributed by atoms with van der Waals surface area (Å²) in [5.41, 5.74) is 4.84. The van der Waals surface area contributed by atoms with Crippen LogP contribution in [0.5, 0.6) is 5.75 Å². The lowest BCUT2D eigenvalue weighted by Gasteiger charge is -2.15. The van der Waals surface area contributed by atoms with Crippen molar-refractivity contribution in [3.05, 3.63) is 46.5 Å². The number of nitrogens with one attached hydrogen (secondary N) is 1. The molecule has 1 atom stereocenters. The van der Waals surface area contributed by atoms with Crippen LogP contribution in [0.2, 0.25) is 0 Å². The van der Waals surface area contributed by atoms with Gasteiger partial charge in [-0.25, -0.2) is 4.98 Å². The molecule has 19 heavy (non-hydrogen) atoms. The number of methoxy groups -OCH3 is 1. The molecule has 0 aliphatic rings. The van der Waals surface area contributed by atoms with Crippen molar-refractivity contribution in [2.24, 2.45) is 12.9 Å². The molecule has 0 spiro atoms. The van der Waals surface area contributed by atoms with Crippen LogP contribution < -0.4 is 16.0 Å². The van der Waals surface area contributed by atoms with E-state index in [1.54, 1.807) is 13.4 Å². The zero-order valence-corrected chi connectivity index (χ0v) is 12.5. The number of nitrogens with two attached hydrogens (primary N) is 1. The summed E-state index contributed by atoms with van der Waals surface area (Å²) in [5.74, 6) is 6.47. The van der Waals surface area contributed by atoms with Gasteiger partial charge in [0.1, 0.15) is 5.75 Å². The number of hydrogen-bond donors (Lipinski definition) is 2. The van der Waals surface area contributed by atoms with Crippen LogP contribution in [0.4, 0.5) is 0 Å². The predicted molar refractivity (Wildman–Crippen MR) is 77.7 cm³/mol. The Kier molecular flexibility index (Phi) is 4.57. The zero-order chi connectivity index (χ0) is 13.8. The van der Waals surface area contributed by atoms with Crippen molar-refractivity contribution in [2.45, 2.75) is 12.5 Å². The van der Waals surface area contributed by atoms with Gasteiger partial charge in [-0.1, -0.05) is 15.9 Å². The average molecular weight is 325 g/mol. The molecule has 1 heterocycles. The molecule has 0 radical (unpaired) electrons. The summed E-state index contributed by atoms with van der Waals surface area (Å²) in [4.78, 5) is 4.33. The minimum absolute atomic E-state index is 0.0374. The molecule has 0 bridgehead atoms. The molecule has 2 aromatic rings. The highest BCUT2D eigenvalue weighted by molar-refractivity contribution is 9.10. The lowest BCUT2D eigenvalue weighted by molar-refractivity contribution is 0.413. The maximum Gasteiger partial charge on any atom is 0.119 e. The minimum Gasteiger partial charge on any atom is -0.497 e. The number of ether oxygens (including phenoxy) is 1. The highest BCUT2D eigenvalue weighted by Gasteiger charge is 2.15. The Hall–Kier alpha value is -1.37. The highest BCUT2D eigenvalue weighted by atomic mass is 79.9. The quantitative estimate of drug-likeness (QED) is 0.651. The predicted octanol–water partition coefficient (Wildman–Crippen LogP) is 1.94. The second-order valence-electron chi connectivity index (χ2n) is 4.34. The third kappa shape index (κ3) is 3.34. The molecular weight excluding hydrogens is 308 g/mol. The van der Waals surface area contributed by atoms with Gasteiger partial charge < -0.3 is 9.30 Å². The largest absolute Gasteiger partial charge is 0.497 e. The fourth-order valence-electron chi connectivity index (χ4n) is 1.92. The standard InChI is InChI=1S/C13H17BrN4O/c1-18-7-13(16-8-18)12(17-15)6-9-5-10(19-2)3-4-11(9)14/h3-5,7-8,12,17H,6,15H2,1-2H3. The Balaban J connectivity index is 2.23. The summed E-state index contributed by atoms with van der Waals surface area (Å²) in [6.45, 7) is 0. The molecule has 0 fully saturated rings. The molecule has 0 saturated heterocycles. The number of hydrazine groups is 1. The maximum absolute atomic E-state index is 5.64. The van der Waals surface area contributed by atoms with Crippen LogP contribution in [-0.4, -0.2) is 16.7 Å². The normalized spacial score (nSPS) is 12.4. The molecule has 5 nitrogen and oxygen atoms in total. The third-order valence-electron chi connectivity index (χ3n) is 2.96. The van der Waals surface area contributed by atoms with Gasteiger partial charge >= 0.3 is 0 Å². The van der Waals surface area contributed by atoms with Gasteiger partial charge in [0.05, 0.1) is 25.2 Å². The molecule has 102 valence electrons. The van der Waals surface area contributed by atoms with Crippen molar-refractivity contribution in [1.82, 2.24) is 15.0 Å². The van der Waals surface area contributed by atoms with Crippen molar-refractivity contribution < 1.29 is 4.74 Å². The molecule has 0 aliphatic carbocycles. The molecule has 0 saturated carbocycles. The summed E-state index contributed by atoms with van der Waals surface area (Å²) in [5, 5.41) is 0. The van der Waals surface area contributed by atoms with Crippen molar-refractivity contribution in [3.8, 4) is 5.75 Å². The Morgan fingerprint density at radius 1 is 1.53 bits per heavy atom. The first-order chi connectivity index (χ1) is 9.13. The van der Waals surface area contributed by atoms with Gasteiger partial charge in [-0.3, -0.25) is 11.3 Å². The molecular formula is C13H17BrN4O. The van der Waals surface area contributed by atoms with E-state index in [1.165, 1.54) is 0 Å². The van der Waals surface area contributed by atoms with Gasteiger partial charge in [-0.2, -0.15) is 0 Å². The number of aryl methyl sites for hydroxylation is 1. The first kappa shape index (κ1) is 14.0. The van der Waals surface area contributed by atoms with E-state index in [-0.39, 0.29) is 6.04 Å². The average Bonchev–Trinajstić information content (AvgIpc) is 2.84. The summed E-state index contributed by atoms with van der Waals surface area (Å²) in [6.07, 6.45) is 4.45. The number of hydrogen-bond acceptors (Lipinski definition) is 4. The monoisotopic (exact) mass is 324 g/mol. The van der Waals surface area contributed by atoms with E-state index in [2.05, 4.69) is 26.3 Å². The van der Waals surface area contributed by atoms with Crippen LogP contribution in [0.25, 0.3) is 0 Å². The van der Waals surface area contributed by atoms with Gasteiger partial charge in [0.15, 0.2) is 0 Å². The van der Waals surface area contributed by atoms with Crippen LogP contribution in [0.3, 0.4) is 0 Å². The number of benzene rings is 1. The number of imidazole rings is 1. The summed E-state index contributed by atoms with van der Waals surface area (Å²) in [7, 11) is 3.59. The summed E-state index contributed by atoms with van der Waals surface area (Å²) in [6, 6.07) is 5.85. The maximum atomic E-state index is 5.64. The lowest BCUT2D eigenvalue weighted by Crippen LogP contribution is -2.30. The molecule has 2 rings (SSSR count). The second-order valence-corrected chi connectivity index (χ2v) is 5.20. The first-order valence-electron chi connectivity index (χ1n) is 5.90. The minimum atomic E-state index is -0.0374. The van der Waals surface area contributed by atoms with E-state index in [0.717, 1.165) is 27.9 Å². The molecule has 3 N–H and O–H groups in total. The van der Waals surface area contributed by atoms with E-state index in [4.69, 9.17) is 10.6 Å². The van der Waals surface area contributed by atoms with Gasteiger partial charge in [0.2, 0.25) is 0 Å². The molecule has 6 heteroatoms. The van der Waals surface area contributed by atoms with E-state index in [9.17, 15) is 0 Å². The number of aromatic nitrogens is 2. The van der Waals surface area contributed by atoms with Crippen molar-refractivity contribution in [2.75, 3.05) is 7.11 Å². The Morgan fingerprint density at radius 3 is 2.89 bits per heavy atom. The summed E-state index contributed by atoms with van der Waals surface area (Å²) >= 11 is 3.55. The first-order valence-corrected chi connectivity index (χ1v) is 6.69. The fourth-order valence-corrected chi connectivity index (χ4v) is 2.32. The fraction of sp³-hybridized carbons (Fsp3) is 0.308. The van der Waals surface area contributed by atoms with E-state index in [0.29, 0.717) is 0 Å². The SMILES string of the molecule is COc1ccc(Br)c(CC(NN)c2cn(C)cn2)c1. The van der Waals surface area contributed by atoms with Crippen LogP contribution >= 0.6 is 15.9 Å². The van der Waals surface area contributed by atoms with Crippen LogP contribution in [0.15, 0.2) is 35.2 Å². The highest BCUT2D eigenvalue weighted by Crippen LogP contribution is 2.26. The third-order valence-corrected chi connectivity index (χ3v) is 3.73. The lowest BCUT2D eigenvalue weighted by atomic mass is 10.0. The Labute approximate surface area is 120 Å². The Bertz CT molecular complexity index is 555. The van der Waals surface area contributed by atoms with E-state index < -0.39 is 0 Å². The van der Waals surface area contributed by atoms with Gasteiger partial charge in [-0.15, -0.1) is 0 Å². The van der Waals surface area contributed by atoms with Crippen molar-refractivity contribution in [1.29, 1.82) is 0 Å². The number of rotatable bonds is 5. The number of halogens is 1. The smallest absolute Gasteiger partial charge is 0.119 e. The van der Waals surface area contributed by atoms with Gasteiger partial charge in [0.25, 0.3) is 0 Å². The van der Waals surface area contributed by atoms with E-state index in [1.807, 2.05) is 36.0 Å². The Morgan fingerprint density at radius 2 is 2.32 bits per heavy atom.